The van der Waals surface area contributed by atoms with Crippen LogP contribution in [0.5, 0.6) is 0 Å². The summed E-state index contributed by atoms with van der Waals surface area (Å²) < 4.78 is 0. The molecule has 1 aliphatic rings. The third-order valence-electron chi connectivity index (χ3n) is 5.28. The molecular formula is C25H39NO. The number of allylic oxidation sites excluding steroid dienone is 4. The van der Waals surface area contributed by atoms with E-state index >= 15 is 0 Å². The lowest BCUT2D eigenvalue weighted by molar-refractivity contribution is 0.182. The molecule has 1 N–H and O–H groups in total. The van der Waals surface area contributed by atoms with Crippen molar-refractivity contribution in [3.63, 3.8) is 0 Å². The van der Waals surface area contributed by atoms with Crippen molar-refractivity contribution in [2.24, 2.45) is 5.92 Å². The molecular weight excluding hydrogens is 330 g/mol. The summed E-state index contributed by atoms with van der Waals surface area (Å²) in [4.78, 5) is 2.63. The Balaban J connectivity index is 0.00000114. The van der Waals surface area contributed by atoms with Gasteiger partial charge in [-0.1, -0.05) is 56.3 Å². The average Bonchev–Trinajstić information content (AvgIpc) is 2.69. The Bertz CT molecular complexity index is 588. The van der Waals surface area contributed by atoms with Crippen LogP contribution in [0.3, 0.4) is 0 Å². The van der Waals surface area contributed by atoms with Crippen molar-refractivity contribution in [2.75, 3.05) is 13.1 Å². The number of hydrogen-bond donors (Lipinski definition) is 1. The smallest absolute Gasteiger partial charge is 0.0928 e. The fourth-order valence-electron chi connectivity index (χ4n) is 3.42. The van der Waals surface area contributed by atoms with Crippen molar-refractivity contribution in [1.29, 1.82) is 0 Å². The number of benzene rings is 1. The zero-order chi connectivity index (χ0) is 20.1. The van der Waals surface area contributed by atoms with E-state index in [9.17, 15) is 5.11 Å². The largest absolute Gasteiger partial charge is 0.512 e. The second-order valence-electron chi connectivity index (χ2n) is 7.38. The lowest BCUT2D eigenvalue weighted by atomic mass is 9.90. The third-order valence-corrected chi connectivity index (χ3v) is 5.28. The molecule has 2 heteroatoms. The van der Waals surface area contributed by atoms with Crippen LogP contribution < -0.4 is 0 Å². The Labute approximate surface area is 167 Å². The number of hydrogen-bond acceptors (Lipinski definition) is 2. The van der Waals surface area contributed by atoms with Crippen LogP contribution in [0.2, 0.25) is 0 Å². The standard InChI is InChI=1S/C22H33NO.C3H6/c1-4-18(3)23(15-14-19-10-7-6-8-11-19)17-20(5-2)21-12-9-13-22(24)16-21;1-3-2/h6-8,10-12,16,18,20,24H,4-5,9,13-15,17H2,1-3H3;3H,1H2,2H3. The highest BCUT2D eigenvalue weighted by Gasteiger charge is 2.20. The summed E-state index contributed by atoms with van der Waals surface area (Å²) in [5, 5.41) is 9.87. The highest BCUT2D eigenvalue weighted by molar-refractivity contribution is 5.27. The number of nitrogens with zero attached hydrogens (tertiary/aromatic N) is 1. The second-order valence-corrected chi connectivity index (χ2v) is 7.38. The Kier molecular flexibility index (Phi) is 11.5. The number of aliphatic hydroxyl groups excluding tert-OH is 1. The van der Waals surface area contributed by atoms with Gasteiger partial charge in [0.1, 0.15) is 0 Å². The van der Waals surface area contributed by atoms with Gasteiger partial charge in [-0.3, -0.25) is 4.90 Å². The van der Waals surface area contributed by atoms with E-state index in [1.54, 1.807) is 6.08 Å². The molecule has 0 heterocycles. The molecule has 2 rings (SSSR count). The minimum Gasteiger partial charge on any atom is -0.512 e. The van der Waals surface area contributed by atoms with Gasteiger partial charge < -0.3 is 5.11 Å². The van der Waals surface area contributed by atoms with Crippen LogP contribution in [0, 0.1) is 5.92 Å². The molecule has 0 amide bonds. The Morgan fingerprint density at radius 1 is 1.19 bits per heavy atom. The Morgan fingerprint density at radius 2 is 1.85 bits per heavy atom. The summed E-state index contributed by atoms with van der Waals surface area (Å²) in [6.45, 7) is 14.3. The highest BCUT2D eigenvalue weighted by atomic mass is 16.3. The first-order valence-electron chi connectivity index (χ1n) is 10.5. The molecule has 0 spiro atoms. The first kappa shape index (κ1) is 23.2. The van der Waals surface area contributed by atoms with Gasteiger partial charge in [0.05, 0.1) is 5.76 Å². The molecule has 2 nitrogen and oxygen atoms in total. The van der Waals surface area contributed by atoms with E-state index in [1.165, 1.54) is 17.6 Å². The number of rotatable bonds is 9. The van der Waals surface area contributed by atoms with Crippen LogP contribution in [-0.4, -0.2) is 29.1 Å². The SMILES string of the molecule is C=CC.CCC(CN(CCc1ccccc1)C(C)CC)C1=CCCC(O)=C1. The van der Waals surface area contributed by atoms with E-state index in [2.05, 4.69) is 68.7 Å². The molecule has 27 heavy (non-hydrogen) atoms. The fraction of sp³-hybridized carbons (Fsp3) is 0.520. The van der Waals surface area contributed by atoms with Crippen LogP contribution in [0.4, 0.5) is 0 Å². The summed E-state index contributed by atoms with van der Waals surface area (Å²) in [5.74, 6) is 1.06. The van der Waals surface area contributed by atoms with Crippen molar-refractivity contribution < 1.29 is 5.11 Å². The minimum atomic E-state index is 0.511. The fourth-order valence-corrected chi connectivity index (χ4v) is 3.42. The normalized spacial score (nSPS) is 15.9. The molecule has 0 saturated carbocycles. The van der Waals surface area contributed by atoms with Crippen molar-refractivity contribution in [3.8, 4) is 0 Å². The molecule has 2 atom stereocenters. The van der Waals surface area contributed by atoms with E-state index in [0.717, 1.165) is 38.8 Å². The lowest BCUT2D eigenvalue weighted by Gasteiger charge is -2.33. The Hall–Kier alpha value is -1.80. The monoisotopic (exact) mass is 369 g/mol. The summed E-state index contributed by atoms with van der Waals surface area (Å²) in [6, 6.07) is 11.4. The first-order chi connectivity index (χ1) is 13.0. The van der Waals surface area contributed by atoms with Crippen molar-refractivity contribution >= 4 is 0 Å². The van der Waals surface area contributed by atoms with Crippen LogP contribution >= 0.6 is 0 Å². The highest BCUT2D eigenvalue weighted by Crippen LogP contribution is 2.26. The van der Waals surface area contributed by atoms with Gasteiger partial charge in [-0.25, -0.2) is 0 Å². The molecule has 0 aromatic heterocycles. The molecule has 0 saturated heterocycles. The molecule has 0 radical (unpaired) electrons. The van der Waals surface area contributed by atoms with Crippen molar-refractivity contribution in [3.05, 3.63) is 72.0 Å². The van der Waals surface area contributed by atoms with Crippen molar-refractivity contribution in [1.82, 2.24) is 4.90 Å². The van der Waals surface area contributed by atoms with Gasteiger partial charge >= 0.3 is 0 Å². The van der Waals surface area contributed by atoms with E-state index in [4.69, 9.17) is 0 Å². The minimum absolute atomic E-state index is 0.511. The Morgan fingerprint density at radius 3 is 2.41 bits per heavy atom. The van der Waals surface area contributed by atoms with Gasteiger partial charge in [-0.2, -0.15) is 0 Å². The predicted molar refractivity (Wildman–Crippen MR) is 119 cm³/mol. The second kappa shape index (κ2) is 13.4. The van der Waals surface area contributed by atoms with E-state index in [-0.39, 0.29) is 0 Å². The molecule has 1 aromatic rings. The van der Waals surface area contributed by atoms with Gasteiger partial charge in [-0.15, -0.1) is 6.58 Å². The topological polar surface area (TPSA) is 23.5 Å². The molecule has 1 aliphatic carbocycles. The maximum Gasteiger partial charge on any atom is 0.0928 e. The predicted octanol–water partition coefficient (Wildman–Crippen LogP) is 6.71. The van der Waals surface area contributed by atoms with Gasteiger partial charge in [0.2, 0.25) is 0 Å². The molecule has 1 aromatic carbocycles. The third kappa shape index (κ3) is 8.62. The number of aliphatic hydroxyl groups is 1. The van der Waals surface area contributed by atoms with E-state index < -0.39 is 0 Å². The van der Waals surface area contributed by atoms with Gasteiger partial charge in [0.15, 0.2) is 0 Å². The van der Waals surface area contributed by atoms with Crippen LogP contribution in [0.15, 0.2) is 66.5 Å². The van der Waals surface area contributed by atoms with E-state index in [0.29, 0.717) is 17.7 Å². The summed E-state index contributed by atoms with van der Waals surface area (Å²) in [5.41, 5.74) is 2.74. The summed E-state index contributed by atoms with van der Waals surface area (Å²) in [6.07, 6.45) is 11.2. The average molecular weight is 370 g/mol. The van der Waals surface area contributed by atoms with Crippen LogP contribution in [0.25, 0.3) is 0 Å². The van der Waals surface area contributed by atoms with Gasteiger partial charge in [-0.05, 0) is 62.7 Å². The summed E-state index contributed by atoms with van der Waals surface area (Å²) >= 11 is 0. The summed E-state index contributed by atoms with van der Waals surface area (Å²) in [7, 11) is 0. The lowest BCUT2D eigenvalue weighted by Crippen LogP contribution is -2.38. The molecule has 150 valence electrons. The zero-order valence-corrected chi connectivity index (χ0v) is 17.8. The van der Waals surface area contributed by atoms with Crippen LogP contribution in [-0.2, 0) is 6.42 Å². The van der Waals surface area contributed by atoms with Crippen molar-refractivity contribution in [2.45, 2.75) is 65.8 Å². The molecule has 0 aliphatic heterocycles. The maximum atomic E-state index is 9.87. The van der Waals surface area contributed by atoms with E-state index in [1.807, 2.05) is 13.0 Å². The molecule has 2 unspecified atom stereocenters. The molecule has 0 bridgehead atoms. The zero-order valence-electron chi connectivity index (χ0n) is 17.8. The maximum absolute atomic E-state index is 9.87. The molecule has 0 fully saturated rings. The first-order valence-corrected chi connectivity index (χ1v) is 10.5. The quantitative estimate of drug-likeness (QED) is 0.489. The van der Waals surface area contributed by atoms with Gasteiger partial charge in [0.25, 0.3) is 0 Å². The van der Waals surface area contributed by atoms with Crippen LogP contribution in [0.1, 0.15) is 58.9 Å². The van der Waals surface area contributed by atoms with Gasteiger partial charge in [0, 0.05) is 25.6 Å².